The van der Waals surface area contributed by atoms with Gasteiger partial charge in [-0.3, -0.25) is 4.79 Å². The summed E-state index contributed by atoms with van der Waals surface area (Å²) < 4.78 is 22.9. The van der Waals surface area contributed by atoms with Crippen molar-refractivity contribution in [1.82, 2.24) is 4.90 Å². The number of fused-ring (bicyclic) bond motifs is 1. The highest BCUT2D eigenvalue weighted by Crippen LogP contribution is 2.43. The Bertz CT molecular complexity index is 1260. The lowest BCUT2D eigenvalue weighted by molar-refractivity contribution is -0.129. The number of hydrogen-bond acceptors (Lipinski definition) is 5. The highest BCUT2D eigenvalue weighted by atomic mass is 16.5. The number of piperidine rings is 1. The Morgan fingerprint density at radius 1 is 1.11 bits per heavy atom. The van der Waals surface area contributed by atoms with Crippen LogP contribution in [0.1, 0.15) is 50.7 Å². The van der Waals surface area contributed by atoms with E-state index in [-0.39, 0.29) is 5.91 Å². The molecular weight excluding hydrogens is 442 g/mol. The molecule has 1 aliphatic heterocycles. The van der Waals surface area contributed by atoms with E-state index in [1.54, 1.807) is 33.7 Å². The Morgan fingerprint density at radius 2 is 1.91 bits per heavy atom. The summed E-state index contributed by atoms with van der Waals surface area (Å²) in [4.78, 5) is 15.3. The maximum absolute atomic E-state index is 13.3. The molecule has 4 rings (SSSR count). The van der Waals surface area contributed by atoms with E-state index in [1.807, 2.05) is 43.0 Å². The van der Waals surface area contributed by atoms with Crippen LogP contribution in [0.3, 0.4) is 0 Å². The molecule has 0 saturated carbocycles. The van der Waals surface area contributed by atoms with Crippen molar-refractivity contribution < 1.29 is 23.4 Å². The number of likely N-dealkylation sites (tertiary alicyclic amines) is 1. The Balaban J connectivity index is 1.83. The summed E-state index contributed by atoms with van der Waals surface area (Å²) in [5.74, 6) is 2.23. The molecule has 0 bridgehead atoms. The second kappa shape index (κ2) is 10.5. The van der Waals surface area contributed by atoms with E-state index in [2.05, 4.69) is 6.92 Å². The third kappa shape index (κ3) is 4.62. The fourth-order valence-corrected chi connectivity index (χ4v) is 5.17. The van der Waals surface area contributed by atoms with Crippen LogP contribution in [0.25, 0.3) is 27.7 Å². The van der Waals surface area contributed by atoms with Crippen LogP contribution in [0.2, 0.25) is 0 Å². The van der Waals surface area contributed by atoms with Crippen molar-refractivity contribution in [3.63, 3.8) is 0 Å². The third-order valence-corrected chi connectivity index (χ3v) is 7.09. The van der Waals surface area contributed by atoms with E-state index < -0.39 is 0 Å². The average molecular weight is 478 g/mol. The van der Waals surface area contributed by atoms with Crippen molar-refractivity contribution in [2.24, 2.45) is 0 Å². The van der Waals surface area contributed by atoms with Gasteiger partial charge in [-0.2, -0.15) is 0 Å². The molecule has 6 nitrogen and oxygen atoms in total. The number of furan rings is 1. The van der Waals surface area contributed by atoms with Crippen molar-refractivity contribution in [1.29, 1.82) is 0 Å². The number of ether oxygens (including phenoxy) is 3. The standard InChI is InChI=1S/C29H35NO5/c1-7-20-10-8-9-13-30(20)27(31)14-18(2)22-16-24-25(17-35-29(24)19(3)28(22)34-6)23-15-21(32-4)11-12-26(23)33-5/h11-12,14-17,20H,7-10,13H2,1-6H3/b18-14+. The highest BCUT2D eigenvalue weighted by Gasteiger charge is 2.25. The van der Waals surface area contributed by atoms with Crippen LogP contribution in [-0.2, 0) is 4.79 Å². The topological polar surface area (TPSA) is 61.1 Å². The van der Waals surface area contributed by atoms with Gasteiger partial charge in [-0.15, -0.1) is 0 Å². The second-order valence-electron chi connectivity index (χ2n) is 9.09. The molecule has 0 aliphatic carbocycles. The van der Waals surface area contributed by atoms with E-state index in [9.17, 15) is 4.79 Å². The predicted octanol–water partition coefficient (Wildman–Crippen LogP) is 6.63. The maximum Gasteiger partial charge on any atom is 0.247 e. The first kappa shape index (κ1) is 24.7. The van der Waals surface area contributed by atoms with E-state index in [0.29, 0.717) is 11.8 Å². The molecule has 1 aliphatic rings. The van der Waals surface area contributed by atoms with Gasteiger partial charge in [0.15, 0.2) is 0 Å². The van der Waals surface area contributed by atoms with Gasteiger partial charge in [-0.05, 0) is 69.4 Å². The van der Waals surface area contributed by atoms with Crippen LogP contribution < -0.4 is 14.2 Å². The van der Waals surface area contributed by atoms with Crippen molar-refractivity contribution in [2.45, 2.75) is 52.5 Å². The van der Waals surface area contributed by atoms with Crippen molar-refractivity contribution >= 4 is 22.4 Å². The van der Waals surface area contributed by atoms with Gasteiger partial charge in [0, 0.05) is 46.3 Å². The number of hydrogen-bond donors (Lipinski definition) is 0. The highest BCUT2D eigenvalue weighted by molar-refractivity contribution is 6.02. The summed E-state index contributed by atoms with van der Waals surface area (Å²) >= 11 is 0. The van der Waals surface area contributed by atoms with Crippen LogP contribution >= 0.6 is 0 Å². The number of carbonyl (C=O) groups excluding carboxylic acids is 1. The molecule has 1 unspecified atom stereocenters. The zero-order valence-corrected chi connectivity index (χ0v) is 21.6. The number of methoxy groups -OCH3 is 3. The largest absolute Gasteiger partial charge is 0.497 e. The first-order chi connectivity index (χ1) is 16.9. The predicted molar refractivity (Wildman–Crippen MR) is 139 cm³/mol. The van der Waals surface area contributed by atoms with E-state index >= 15 is 0 Å². The molecule has 3 aromatic rings. The van der Waals surface area contributed by atoms with Gasteiger partial charge in [0.1, 0.15) is 22.8 Å². The number of nitrogens with zero attached hydrogens (tertiary/aromatic N) is 1. The van der Waals surface area contributed by atoms with Crippen LogP contribution in [-0.4, -0.2) is 44.7 Å². The third-order valence-electron chi connectivity index (χ3n) is 7.09. The van der Waals surface area contributed by atoms with Crippen LogP contribution in [0, 0.1) is 6.92 Å². The Labute approximate surface area is 207 Å². The zero-order chi connectivity index (χ0) is 25.1. The number of benzene rings is 2. The number of amides is 1. The first-order valence-corrected chi connectivity index (χ1v) is 12.2. The molecule has 6 heteroatoms. The minimum Gasteiger partial charge on any atom is -0.497 e. The first-order valence-electron chi connectivity index (χ1n) is 12.2. The number of aryl methyl sites for hydroxylation is 1. The van der Waals surface area contributed by atoms with Gasteiger partial charge in [0.05, 0.1) is 27.6 Å². The number of carbonyl (C=O) groups is 1. The van der Waals surface area contributed by atoms with Crippen molar-refractivity contribution in [3.8, 4) is 28.4 Å². The van der Waals surface area contributed by atoms with E-state index in [4.69, 9.17) is 18.6 Å². The number of rotatable bonds is 7. The number of allylic oxidation sites excluding steroid dienone is 1. The second-order valence-corrected chi connectivity index (χ2v) is 9.09. The molecule has 2 heterocycles. The normalized spacial score (nSPS) is 16.5. The molecule has 186 valence electrons. The molecule has 0 N–H and O–H groups in total. The van der Waals surface area contributed by atoms with Gasteiger partial charge in [-0.25, -0.2) is 0 Å². The Morgan fingerprint density at radius 3 is 2.60 bits per heavy atom. The molecule has 1 atom stereocenters. The Hall–Kier alpha value is -3.41. The van der Waals surface area contributed by atoms with Gasteiger partial charge < -0.3 is 23.5 Å². The average Bonchev–Trinajstić information content (AvgIpc) is 3.32. The SMILES string of the molecule is CCC1CCCCN1C(=O)/C=C(\C)c1cc2c(-c3cc(OC)ccc3OC)coc2c(C)c1OC. The zero-order valence-electron chi connectivity index (χ0n) is 21.6. The summed E-state index contributed by atoms with van der Waals surface area (Å²) in [6.07, 6.45) is 7.79. The molecule has 35 heavy (non-hydrogen) atoms. The molecule has 1 saturated heterocycles. The van der Waals surface area contributed by atoms with Crippen LogP contribution in [0.4, 0.5) is 0 Å². The summed E-state index contributed by atoms with van der Waals surface area (Å²) in [6, 6.07) is 8.05. The monoisotopic (exact) mass is 477 g/mol. The fourth-order valence-electron chi connectivity index (χ4n) is 5.17. The fraction of sp³-hybridized carbons (Fsp3) is 0.414. The lowest BCUT2D eigenvalue weighted by Gasteiger charge is -2.34. The molecule has 1 fully saturated rings. The molecule has 1 amide bonds. The van der Waals surface area contributed by atoms with Crippen LogP contribution in [0.15, 0.2) is 41.0 Å². The van der Waals surface area contributed by atoms with Gasteiger partial charge in [-0.1, -0.05) is 6.92 Å². The molecule has 1 aromatic heterocycles. The summed E-state index contributed by atoms with van der Waals surface area (Å²) in [7, 11) is 4.94. The van der Waals surface area contributed by atoms with Crippen molar-refractivity contribution in [2.75, 3.05) is 27.9 Å². The lowest BCUT2D eigenvalue weighted by Crippen LogP contribution is -2.42. The van der Waals surface area contributed by atoms with Crippen molar-refractivity contribution in [3.05, 3.63) is 47.7 Å². The molecular formula is C29H35NO5. The summed E-state index contributed by atoms with van der Waals surface area (Å²) in [5.41, 5.74) is 5.13. The molecule has 0 radical (unpaired) electrons. The summed E-state index contributed by atoms with van der Waals surface area (Å²) in [6.45, 7) is 6.92. The Kier molecular flexibility index (Phi) is 7.39. The van der Waals surface area contributed by atoms with Gasteiger partial charge >= 0.3 is 0 Å². The quantitative estimate of drug-likeness (QED) is 0.358. The molecule has 0 spiro atoms. The van der Waals surface area contributed by atoms with E-state index in [0.717, 1.165) is 76.1 Å². The van der Waals surface area contributed by atoms with Crippen LogP contribution in [0.5, 0.6) is 17.2 Å². The van der Waals surface area contributed by atoms with Gasteiger partial charge in [0.2, 0.25) is 5.91 Å². The maximum atomic E-state index is 13.3. The minimum atomic E-state index is 0.0655. The summed E-state index contributed by atoms with van der Waals surface area (Å²) in [5, 5.41) is 0.925. The van der Waals surface area contributed by atoms with Gasteiger partial charge in [0.25, 0.3) is 0 Å². The lowest BCUT2D eigenvalue weighted by atomic mass is 9.95. The smallest absolute Gasteiger partial charge is 0.247 e. The minimum absolute atomic E-state index is 0.0655. The molecule has 2 aromatic carbocycles. The van der Waals surface area contributed by atoms with E-state index in [1.165, 1.54) is 6.42 Å².